The van der Waals surface area contributed by atoms with Gasteiger partial charge < -0.3 is 15.5 Å². The molecule has 1 aromatic rings. The van der Waals surface area contributed by atoms with Gasteiger partial charge in [0.05, 0.1) is 15.9 Å². The number of hydrogen-bond donors (Lipinski definition) is 2. The first-order valence-electron chi connectivity index (χ1n) is 7.23. The number of rotatable bonds is 3. The van der Waals surface area contributed by atoms with Crippen LogP contribution >= 0.6 is 11.3 Å². The average Bonchev–Trinajstić information content (AvgIpc) is 3.18. The molecule has 0 aromatic carbocycles. The van der Waals surface area contributed by atoms with E-state index in [0.717, 1.165) is 36.5 Å². The maximum absolute atomic E-state index is 12.2. The molecular weight excluding hydrogens is 286 g/mol. The molecule has 0 saturated carbocycles. The van der Waals surface area contributed by atoms with Crippen LogP contribution in [0.4, 0.5) is 5.00 Å². The van der Waals surface area contributed by atoms with Crippen molar-refractivity contribution in [1.29, 1.82) is 0 Å². The van der Waals surface area contributed by atoms with Crippen molar-refractivity contribution < 1.29 is 9.59 Å². The van der Waals surface area contributed by atoms with E-state index in [1.165, 1.54) is 11.3 Å². The van der Waals surface area contributed by atoms with Crippen LogP contribution in [0.3, 0.4) is 0 Å². The molecule has 2 fully saturated rings. The zero-order valence-corrected chi connectivity index (χ0v) is 12.7. The van der Waals surface area contributed by atoms with Crippen molar-refractivity contribution in [3.8, 4) is 0 Å². The Bertz CT molecular complexity index is 575. The highest BCUT2D eigenvalue weighted by Gasteiger charge is 2.25. The van der Waals surface area contributed by atoms with Crippen LogP contribution < -0.4 is 10.6 Å². The molecule has 2 aliphatic rings. The Hall–Kier alpha value is -1.66. The molecule has 3 heterocycles. The van der Waals surface area contributed by atoms with Gasteiger partial charge in [-0.3, -0.25) is 9.59 Å². The fourth-order valence-corrected chi connectivity index (χ4v) is 3.57. The number of nitrogens with zero attached hydrogens (tertiary/aromatic N) is 1. The van der Waals surface area contributed by atoms with Gasteiger partial charge in [0.25, 0.3) is 5.91 Å². The van der Waals surface area contributed by atoms with E-state index in [1.807, 2.05) is 4.90 Å². The summed E-state index contributed by atoms with van der Waals surface area (Å²) in [6, 6.07) is 3.38. The van der Waals surface area contributed by atoms with Crippen LogP contribution in [0, 0.1) is 0 Å². The first kappa shape index (κ1) is 14.3. The molecule has 1 atom stereocenters. The Morgan fingerprint density at radius 3 is 2.76 bits per heavy atom. The third-order valence-corrected chi connectivity index (χ3v) is 4.85. The summed E-state index contributed by atoms with van der Waals surface area (Å²) in [5.41, 5.74) is 1.05. The monoisotopic (exact) mass is 305 g/mol. The van der Waals surface area contributed by atoms with Crippen LogP contribution in [0.15, 0.2) is 24.3 Å². The molecule has 112 valence electrons. The predicted octanol–water partition coefficient (Wildman–Crippen LogP) is 1.84. The standard InChI is InChI=1S/C15H19N3O2S/c1-10-8-11(16-9-10)14(19)17-13-5-4-12(21-13)15(20)18-6-2-3-7-18/h4-5,11,16H,1-3,6-9H2,(H,17,19)/t11-/m0/s1. The zero-order chi connectivity index (χ0) is 14.8. The number of anilines is 1. The molecule has 21 heavy (non-hydrogen) atoms. The second-order valence-corrected chi connectivity index (χ2v) is 6.62. The molecule has 3 rings (SSSR count). The molecule has 2 aliphatic heterocycles. The van der Waals surface area contributed by atoms with Gasteiger partial charge in [0.15, 0.2) is 0 Å². The van der Waals surface area contributed by atoms with Crippen molar-refractivity contribution in [2.24, 2.45) is 0 Å². The van der Waals surface area contributed by atoms with Gasteiger partial charge in [-0.05, 0) is 31.4 Å². The van der Waals surface area contributed by atoms with Crippen LogP contribution in [0.25, 0.3) is 0 Å². The highest BCUT2D eigenvalue weighted by molar-refractivity contribution is 7.18. The SMILES string of the molecule is C=C1CN[C@H](C(=O)Nc2ccc(C(=O)N3CCCC3)s2)C1. The normalized spacial score (nSPS) is 21.8. The Labute approximate surface area is 128 Å². The summed E-state index contributed by atoms with van der Waals surface area (Å²) in [7, 11) is 0. The van der Waals surface area contributed by atoms with E-state index < -0.39 is 0 Å². The smallest absolute Gasteiger partial charge is 0.263 e. The van der Waals surface area contributed by atoms with Crippen molar-refractivity contribution >= 4 is 28.2 Å². The van der Waals surface area contributed by atoms with E-state index in [9.17, 15) is 9.59 Å². The summed E-state index contributed by atoms with van der Waals surface area (Å²) in [5, 5.41) is 6.72. The van der Waals surface area contributed by atoms with E-state index in [1.54, 1.807) is 12.1 Å². The lowest BCUT2D eigenvalue weighted by atomic mass is 10.2. The Balaban J connectivity index is 1.61. The van der Waals surface area contributed by atoms with E-state index in [0.29, 0.717) is 17.8 Å². The van der Waals surface area contributed by atoms with Gasteiger partial charge in [0, 0.05) is 19.6 Å². The summed E-state index contributed by atoms with van der Waals surface area (Å²) in [5.74, 6) is 0.0149. The molecular formula is C15H19N3O2S. The second kappa shape index (κ2) is 5.99. The topological polar surface area (TPSA) is 61.4 Å². The number of amides is 2. The van der Waals surface area contributed by atoms with Gasteiger partial charge in [-0.15, -0.1) is 11.3 Å². The van der Waals surface area contributed by atoms with Crippen molar-refractivity contribution in [3.05, 3.63) is 29.2 Å². The summed E-state index contributed by atoms with van der Waals surface area (Å²) in [6.45, 7) is 6.25. The number of carbonyl (C=O) groups is 2. The lowest BCUT2D eigenvalue weighted by Crippen LogP contribution is -2.35. The van der Waals surface area contributed by atoms with Crippen LogP contribution in [-0.2, 0) is 4.79 Å². The maximum atomic E-state index is 12.2. The van der Waals surface area contributed by atoms with Crippen LogP contribution in [0.5, 0.6) is 0 Å². The minimum Gasteiger partial charge on any atom is -0.338 e. The molecule has 1 aromatic heterocycles. The fraction of sp³-hybridized carbons (Fsp3) is 0.467. The van der Waals surface area contributed by atoms with Gasteiger partial charge in [0.2, 0.25) is 5.91 Å². The molecule has 2 N–H and O–H groups in total. The summed E-state index contributed by atoms with van der Waals surface area (Å²) >= 11 is 1.34. The lowest BCUT2D eigenvalue weighted by molar-refractivity contribution is -0.117. The summed E-state index contributed by atoms with van der Waals surface area (Å²) < 4.78 is 0. The van der Waals surface area contributed by atoms with Crippen molar-refractivity contribution in [3.63, 3.8) is 0 Å². The largest absolute Gasteiger partial charge is 0.338 e. The Morgan fingerprint density at radius 2 is 2.10 bits per heavy atom. The molecule has 6 heteroatoms. The van der Waals surface area contributed by atoms with Gasteiger partial charge in [-0.1, -0.05) is 12.2 Å². The zero-order valence-electron chi connectivity index (χ0n) is 11.9. The minimum atomic E-state index is -0.211. The molecule has 2 amide bonds. The predicted molar refractivity (Wildman–Crippen MR) is 83.6 cm³/mol. The van der Waals surface area contributed by atoms with E-state index in [2.05, 4.69) is 17.2 Å². The van der Waals surface area contributed by atoms with Gasteiger partial charge in [0.1, 0.15) is 0 Å². The molecule has 0 bridgehead atoms. The number of hydrogen-bond acceptors (Lipinski definition) is 4. The van der Waals surface area contributed by atoms with Crippen LogP contribution in [0.1, 0.15) is 28.9 Å². The molecule has 2 saturated heterocycles. The highest BCUT2D eigenvalue weighted by Crippen LogP contribution is 2.25. The van der Waals surface area contributed by atoms with E-state index in [4.69, 9.17) is 0 Å². The quantitative estimate of drug-likeness (QED) is 0.838. The second-order valence-electron chi connectivity index (χ2n) is 5.54. The average molecular weight is 305 g/mol. The number of likely N-dealkylation sites (tertiary alicyclic amines) is 1. The van der Waals surface area contributed by atoms with Crippen molar-refractivity contribution in [1.82, 2.24) is 10.2 Å². The molecule has 0 spiro atoms. The van der Waals surface area contributed by atoms with Gasteiger partial charge in [-0.2, -0.15) is 0 Å². The first-order chi connectivity index (χ1) is 10.1. The Morgan fingerprint density at radius 1 is 1.33 bits per heavy atom. The van der Waals surface area contributed by atoms with Crippen molar-refractivity contribution in [2.45, 2.75) is 25.3 Å². The van der Waals surface area contributed by atoms with Crippen LogP contribution in [0.2, 0.25) is 0 Å². The maximum Gasteiger partial charge on any atom is 0.263 e. The molecule has 0 radical (unpaired) electrons. The third-order valence-electron chi connectivity index (χ3n) is 3.86. The number of carbonyl (C=O) groups excluding carboxylic acids is 2. The fourth-order valence-electron chi connectivity index (χ4n) is 2.69. The van der Waals surface area contributed by atoms with Crippen molar-refractivity contribution in [2.75, 3.05) is 25.0 Å². The van der Waals surface area contributed by atoms with Gasteiger partial charge in [-0.25, -0.2) is 0 Å². The van der Waals surface area contributed by atoms with Gasteiger partial charge >= 0.3 is 0 Å². The third kappa shape index (κ3) is 3.16. The first-order valence-corrected chi connectivity index (χ1v) is 8.05. The lowest BCUT2D eigenvalue weighted by Gasteiger charge is -2.13. The highest BCUT2D eigenvalue weighted by atomic mass is 32.1. The Kier molecular flexibility index (Phi) is 4.07. The number of thiophene rings is 1. The minimum absolute atomic E-state index is 0.0596. The van der Waals surface area contributed by atoms with E-state index >= 15 is 0 Å². The summed E-state index contributed by atoms with van der Waals surface area (Å²) in [4.78, 5) is 26.9. The number of nitrogens with one attached hydrogen (secondary N) is 2. The van der Waals surface area contributed by atoms with E-state index in [-0.39, 0.29) is 17.9 Å². The molecule has 0 aliphatic carbocycles. The summed E-state index contributed by atoms with van der Waals surface area (Å²) in [6.07, 6.45) is 2.84. The van der Waals surface area contributed by atoms with Crippen LogP contribution in [-0.4, -0.2) is 42.4 Å². The molecule has 5 nitrogen and oxygen atoms in total. The molecule has 0 unspecified atom stereocenters.